The van der Waals surface area contributed by atoms with Crippen LogP contribution >= 0.6 is 11.8 Å². The van der Waals surface area contributed by atoms with Crippen LogP contribution in [0.1, 0.15) is 36.6 Å². The molecule has 1 unspecified atom stereocenters. The van der Waals surface area contributed by atoms with Crippen molar-refractivity contribution >= 4 is 35.0 Å². The van der Waals surface area contributed by atoms with Crippen LogP contribution in [0.15, 0.2) is 48.5 Å². The van der Waals surface area contributed by atoms with Crippen molar-refractivity contribution in [2.24, 2.45) is 5.92 Å². The largest absolute Gasteiger partial charge is 0.497 e. The lowest BCUT2D eigenvalue weighted by molar-refractivity contribution is -0.119. The molecule has 1 atom stereocenters. The first kappa shape index (κ1) is 18.9. The first-order chi connectivity index (χ1) is 13.7. The van der Waals surface area contributed by atoms with Crippen LogP contribution in [0.25, 0.3) is 0 Å². The van der Waals surface area contributed by atoms with Gasteiger partial charge in [0.05, 0.1) is 12.9 Å². The van der Waals surface area contributed by atoms with Crippen LogP contribution in [0.2, 0.25) is 0 Å². The molecule has 0 spiro atoms. The molecule has 2 amide bonds. The van der Waals surface area contributed by atoms with Gasteiger partial charge in [0, 0.05) is 17.3 Å². The summed E-state index contributed by atoms with van der Waals surface area (Å²) in [5.41, 5.74) is 2.72. The molecular weight excluding hydrogens is 372 g/mol. The van der Waals surface area contributed by atoms with Gasteiger partial charge in [0.15, 0.2) is 0 Å². The predicted molar refractivity (Wildman–Crippen MR) is 113 cm³/mol. The maximum Gasteiger partial charge on any atom is 0.238 e. The lowest BCUT2D eigenvalue weighted by Crippen LogP contribution is -2.27. The molecule has 2 aliphatic rings. The Bertz CT molecular complexity index is 845. The van der Waals surface area contributed by atoms with Gasteiger partial charge in [0.25, 0.3) is 0 Å². The molecule has 1 aliphatic carbocycles. The van der Waals surface area contributed by atoms with E-state index in [0.29, 0.717) is 5.75 Å². The van der Waals surface area contributed by atoms with Crippen LogP contribution in [0.4, 0.5) is 11.4 Å². The summed E-state index contributed by atoms with van der Waals surface area (Å²) >= 11 is 1.61. The van der Waals surface area contributed by atoms with Crippen molar-refractivity contribution in [3.8, 4) is 5.75 Å². The Morgan fingerprint density at radius 3 is 2.39 bits per heavy atom. The maximum atomic E-state index is 12.5. The fraction of sp³-hybridized carbons (Fsp3) is 0.364. The number of thioether (sulfide) groups is 1. The molecule has 5 nitrogen and oxygen atoms in total. The minimum Gasteiger partial charge on any atom is -0.497 e. The molecule has 0 radical (unpaired) electrons. The molecule has 146 valence electrons. The summed E-state index contributed by atoms with van der Waals surface area (Å²) in [6.07, 6.45) is 4.26. The van der Waals surface area contributed by atoms with E-state index in [1.165, 1.54) is 0 Å². The summed E-state index contributed by atoms with van der Waals surface area (Å²) in [5, 5.41) is 2.96. The van der Waals surface area contributed by atoms with E-state index in [1.54, 1.807) is 18.9 Å². The number of anilines is 2. The van der Waals surface area contributed by atoms with E-state index in [0.717, 1.165) is 48.4 Å². The standard InChI is InChI=1S/C22H24N2O3S/c1-27-19-12-10-18(11-13-19)24-20(25)14-28-22(24)16-6-8-17(9-7-16)23-21(26)15-4-2-3-5-15/h6-13,15,22H,2-5,14H2,1H3,(H,23,26). The number of carbonyl (C=O) groups excluding carboxylic acids is 2. The van der Waals surface area contributed by atoms with Gasteiger partial charge in [-0.3, -0.25) is 14.5 Å². The number of methoxy groups -OCH3 is 1. The number of amides is 2. The van der Waals surface area contributed by atoms with Gasteiger partial charge in [-0.1, -0.05) is 25.0 Å². The monoisotopic (exact) mass is 396 g/mol. The van der Waals surface area contributed by atoms with Gasteiger partial charge < -0.3 is 10.1 Å². The second-order valence-electron chi connectivity index (χ2n) is 7.22. The Morgan fingerprint density at radius 1 is 1.07 bits per heavy atom. The van der Waals surface area contributed by atoms with E-state index in [9.17, 15) is 9.59 Å². The van der Waals surface area contributed by atoms with Gasteiger partial charge in [-0.05, 0) is 54.8 Å². The zero-order valence-corrected chi connectivity index (χ0v) is 16.7. The highest BCUT2D eigenvalue weighted by molar-refractivity contribution is 8.00. The van der Waals surface area contributed by atoms with Crippen molar-refractivity contribution in [1.29, 1.82) is 0 Å². The fourth-order valence-corrected chi connectivity index (χ4v) is 5.03. The van der Waals surface area contributed by atoms with Gasteiger partial charge >= 0.3 is 0 Å². The van der Waals surface area contributed by atoms with Gasteiger partial charge in [-0.2, -0.15) is 0 Å². The highest BCUT2D eigenvalue weighted by atomic mass is 32.2. The van der Waals surface area contributed by atoms with Crippen molar-refractivity contribution in [1.82, 2.24) is 0 Å². The topological polar surface area (TPSA) is 58.6 Å². The number of nitrogens with one attached hydrogen (secondary N) is 1. The summed E-state index contributed by atoms with van der Waals surface area (Å²) in [7, 11) is 1.63. The van der Waals surface area contributed by atoms with Crippen LogP contribution < -0.4 is 15.0 Å². The second-order valence-corrected chi connectivity index (χ2v) is 8.29. The summed E-state index contributed by atoms with van der Waals surface area (Å²) in [4.78, 5) is 26.6. The van der Waals surface area contributed by atoms with E-state index in [2.05, 4.69) is 5.32 Å². The average molecular weight is 397 g/mol. The van der Waals surface area contributed by atoms with E-state index in [-0.39, 0.29) is 23.1 Å². The molecule has 1 N–H and O–H groups in total. The second kappa shape index (κ2) is 8.27. The number of carbonyl (C=O) groups is 2. The van der Waals surface area contributed by atoms with Crippen molar-refractivity contribution in [2.45, 2.75) is 31.1 Å². The molecular formula is C22H24N2O3S. The number of nitrogens with zero attached hydrogens (tertiary/aromatic N) is 1. The Hall–Kier alpha value is -2.47. The molecule has 6 heteroatoms. The Balaban J connectivity index is 1.49. The van der Waals surface area contributed by atoms with Crippen LogP contribution in [0, 0.1) is 5.92 Å². The molecule has 0 bridgehead atoms. The Morgan fingerprint density at radius 2 is 1.75 bits per heavy atom. The lowest BCUT2D eigenvalue weighted by atomic mass is 10.1. The van der Waals surface area contributed by atoms with Crippen LogP contribution in [0.3, 0.4) is 0 Å². The quantitative estimate of drug-likeness (QED) is 0.802. The van der Waals surface area contributed by atoms with E-state index in [4.69, 9.17) is 4.74 Å². The molecule has 1 heterocycles. The third kappa shape index (κ3) is 3.87. The first-order valence-corrected chi connectivity index (χ1v) is 10.7. The third-order valence-corrected chi connectivity index (χ3v) is 6.62. The third-order valence-electron chi connectivity index (χ3n) is 5.41. The average Bonchev–Trinajstić information content (AvgIpc) is 3.39. The zero-order chi connectivity index (χ0) is 19.5. The minimum atomic E-state index is -0.0690. The predicted octanol–water partition coefficient (Wildman–Crippen LogP) is 4.60. The van der Waals surface area contributed by atoms with E-state index < -0.39 is 0 Å². The van der Waals surface area contributed by atoms with Crippen molar-refractivity contribution in [3.05, 3.63) is 54.1 Å². The summed E-state index contributed by atoms with van der Waals surface area (Å²) in [6.45, 7) is 0. The van der Waals surface area contributed by atoms with E-state index in [1.807, 2.05) is 53.4 Å². The number of benzene rings is 2. The summed E-state index contributed by atoms with van der Waals surface area (Å²) in [6, 6.07) is 15.4. The van der Waals surface area contributed by atoms with Gasteiger partial charge in [0.1, 0.15) is 11.1 Å². The smallest absolute Gasteiger partial charge is 0.238 e. The molecule has 1 aliphatic heterocycles. The summed E-state index contributed by atoms with van der Waals surface area (Å²) < 4.78 is 5.21. The normalized spacial score (nSPS) is 19.8. The molecule has 2 aromatic carbocycles. The number of hydrogen-bond acceptors (Lipinski definition) is 4. The SMILES string of the molecule is COc1ccc(N2C(=O)CSC2c2ccc(NC(=O)C3CCCC3)cc2)cc1. The van der Waals surface area contributed by atoms with Crippen LogP contribution in [-0.4, -0.2) is 24.7 Å². The molecule has 28 heavy (non-hydrogen) atoms. The molecule has 1 saturated carbocycles. The van der Waals surface area contributed by atoms with Gasteiger partial charge in [0.2, 0.25) is 11.8 Å². The van der Waals surface area contributed by atoms with Crippen molar-refractivity contribution in [2.75, 3.05) is 23.1 Å². The zero-order valence-electron chi connectivity index (χ0n) is 15.9. The molecule has 1 saturated heterocycles. The molecule has 4 rings (SSSR count). The minimum absolute atomic E-state index is 0.0690. The maximum absolute atomic E-state index is 12.5. The number of ether oxygens (including phenoxy) is 1. The van der Waals surface area contributed by atoms with Gasteiger partial charge in [-0.25, -0.2) is 0 Å². The van der Waals surface area contributed by atoms with Crippen molar-refractivity contribution < 1.29 is 14.3 Å². The highest BCUT2D eigenvalue weighted by Gasteiger charge is 2.34. The van der Waals surface area contributed by atoms with E-state index >= 15 is 0 Å². The van der Waals surface area contributed by atoms with Gasteiger partial charge in [-0.15, -0.1) is 11.8 Å². The fourth-order valence-electron chi connectivity index (χ4n) is 3.86. The lowest BCUT2D eigenvalue weighted by Gasteiger charge is -2.24. The van der Waals surface area contributed by atoms with Crippen molar-refractivity contribution in [3.63, 3.8) is 0 Å². The Kier molecular flexibility index (Phi) is 5.57. The Labute approximate surface area is 169 Å². The number of hydrogen-bond donors (Lipinski definition) is 1. The van der Waals surface area contributed by atoms with Crippen LogP contribution in [-0.2, 0) is 9.59 Å². The molecule has 2 aromatic rings. The summed E-state index contributed by atoms with van der Waals surface area (Å²) in [5.74, 6) is 1.58. The molecule has 0 aromatic heterocycles. The molecule has 2 fully saturated rings. The first-order valence-electron chi connectivity index (χ1n) is 9.64. The van der Waals surface area contributed by atoms with Crippen LogP contribution in [0.5, 0.6) is 5.75 Å². The highest BCUT2D eigenvalue weighted by Crippen LogP contribution is 2.42. The number of rotatable bonds is 5.